The van der Waals surface area contributed by atoms with Crippen molar-refractivity contribution < 1.29 is 19.1 Å². The van der Waals surface area contributed by atoms with Crippen LogP contribution in [0.3, 0.4) is 0 Å². The maximum absolute atomic E-state index is 11.3. The SMILES string of the molecule is CCNC(=O)C(=O)N/N=C\c1cccc(OCC(N)=O)c1. The number of carbonyl (C=O) groups excluding carboxylic acids is 3. The maximum Gasteiger partial charge on any atom is 0.329 e. The van der Waals surface area contributed by atoms with Gasteiger partial charge in [-0.05, 0) is 24.6 Å². The van der Waals surface area contributed by atoms with Crippen LogP contribution in [-0.4, -0.2) is 37.1 Å². The lowest BCUT2D eigenvalue weighted by Crippen LogP contribution is -2.37. The summed E-state index contributed by atoms with van der Waals surface area (Å²) in [5.74, 6) is -1.75. The summed E-state index contributed by atoms with van der Waals surface area (Å²) in [6.45, 7) is 1.83. The minimum absolute atomic E-state index is 0.228. The maximum atomic E-state index is 11.3. The molecule has 8 nitrogen and oxygen atoms in total. The zero-order valence-corrected chi connectivity index (χ0v) is 11.5. The van der Waals surface area contributed by atoms with Gasteiger partial charge in [0, 0.05) is 6.54 Å². The van der Waals surface area contributed by atoms with Crippen molar-refractivity contribution in [1.82, 2.24) is 10.7 Å². The first-order valence-corrected chi connectivity index (χ1v) is 6.15. The van der Waals surface area contributed by atoms with Gasteiger partial charge in [-0.15, -0.1) is 0 Å². The van der Waals surface area contributed by atoms with Crippen LogP contribution in [0, 0.1) is 0 Å². The molecule has 0 saturated carbocycles. The van der Waals surface area contributed by atoms with E-state index in [2.05, 4.69) is 15.8 Å². The molecule has 8 heteroatoms. The molecule has 0 bridgehead atoms. The molecular weight excluding hydrogens is 276 g/mol. The molecule has 0 saturated heterocycles. The van der Waals surface area contributed by atoms with Crippen LogP contribution in [0.5, 0.6) is 5.75 Å². The van der Waals surface area contributed by atoms with E-state index in [-0.39, 0.29) is 6.61 Å². The van der Waals surface area contributed by atoms with E-state index in [1.54, 1.807) is 31.2 Å². The van der Waals surface area contributed by atoms with Crippen LogP contribution in [-0.2, 0) is 14.4 Å². The van der Waals surface area contributed by atoms with Gasteiger partial charge in [0.05, 0.1) is 6.21 Å². The van der Waals surface area contributed by atoms with Crippen LogP contribution < -0.4 is 21.2 Å². The summed E-state index contributed by atoms with van der Waals surface area (Å²) in [5.41, 5.74) is 7.68. The minimum Gasteiger partial charge on any atom is -0.484 e. The topological polar surface area (TPSA) is 123 Å². The number of rotatable bonds is 6. The number of amides is 3. The van der Waals surface area contributed by atoms with E-state index in [1.807, 2.05) is 0 Å². The molecule has 4 N–H and O–H groups in total. The Morgan fingerprint density at radius 1 is 1.33 bits per heavy atom. The van der Waals surface area contributed by atoms with Crippen molar-refractivity contribution in [3.05, 3.63) is 29.8 Å². The highest BCUT2D eigenvalue weighted by atomic mass is 16.5. The normalized spacial score (nSPS) is 10.1. The number of hydrogen-bond donors (Lipinski definition) is 3. The van der Waals surface area contributed by atoms with Crippen molar-refractivity contribution in [2.45, 2.75) is 6.92 Å². The molecule has 0 aliphatic carbocycles. The third-order valence-electron chi connectivity index (χ3n) is 2.16. The molecule has 0 aliphatic rings. The monoisotopic (exact) mass is 292 g/mol. The fourth-order valence-electron chi connectivity index (χ4n) is 1.30. The molecule has 112 valence electrons. The summed E-state index contributed by atoms with van der Waals surface area (Å²) in [6.07, 6.45) is 1.34. The largest absolute Gasteiger partial charge is 0.484 e. The Bertz CT molecular complexity index is 557. The quantitative estimate of drug-likeness (QED) is 0.358. The number of primary amides is 1. The van der Waals surface area contributed by atoms with Crippen LogP contribution in [0.25, 0.3) is 0 Å². The van der Waals surface area contributed by atoms with Crippen LogP contribution in [0.2, 0.25) is 0 Å². The predicted molar refractivity (Wildman–Crippen MR) is 75.6 cm³/mol. The van der Waals surface area contributed by atoms with Crippen LogP contribution in [0.15, 0.2) is 29.4 Å². The highest BCUT2D eigenvalue weighted by Gasteiger charge is 2.10. The number of benzene rings is 1. The van der Waals surface area contributed by atoms with E-state index < -0.39 is 17.7 Å². The Morgan fingerprint density at radius 2 is 2.10 bits per heavy atom. The van der Waals surface area contributed by atoms with Gasteiger partial charge < -0.3 is 15.8 Å². The Kier molecular flexibility index (Phi) is 6.39. The smallest absolute Gasteiger partial charge is 0.329 e. The molecule has 0 radical (unpaired) electrons. The summed E-state index contributed by atoms with van der Waals surface area (Å²) in [6, 6.07) is 6.64. The van der Waals surface area contributed by atoms with E-state index in [1.165, 1.54) is 6.21 Å². The van der Waals surface area contributed by atoms with Gasteiger partial charge in [0.15, 0.2) is 6.61 Å². The zero-order valence-electron chi connectivity index (χ0n) is 11.5. The summed E-state index contributed by atoms with van der Waals surface area (Å²) < 4.78 is 5.12. The van der Waals surface area contributed by atoms with E-state index in [4.69, 9.17) is 10.5 Å². The van der Waals surface area contributed by atoms with E-state index in [9.17, 15) is 14.4 Å². The van der Waals surface area contributed by atoms with Crippen LogP contribution in [0.1, 0.15) is 12.5 Å². The molecule has 0 unspecified atom stereocenters. The van der Waals surface area contributed by atoms with E-state index in [0.717, 1.165) is 0 Å². The number of nitrogens with zero attached hydrogens (tertiary/aromatic N) is 1. The summed E-state index contributed by atoms with van der Waals surface area (Å²) in [5, 5.41) is 5.99. The Hall–Kier alpha value is -2.90. The van der Waals surface area contributed by atoms with Crippen molar-refractivity contribution in [3.63, 3.8) is 0 Å². The Morgan fingerprint density at radius 3 is 2.76 bits per heavy atom. The van der Waals surface area contributed by atoms with Gasteiger partial charge in [-0.25, -0.2) is 5.43 Å². The van der Waals surface area contributed by atoms with Crippen molar-refractivity contribution in [2.75, 3.05) is 13.2 Å². The van der Waals surface area contributed by atoms with Crippen molar-refractivity contribution in [3.8, 4) is 5.75 Å². The van der Waals surface area contributed by atoms with Gasteiger partial charge >= 0.3 is 11.8 Å². The molecule has 1 aromatic carbocycles. The minimum atomic E-state index is -0.853. The molecule has 0 fully saturated rings. The summed E-state index contributed by atoms with van der Waals surface area (Å²) in [7, 11) is 0. The lowest BCUT2D eigenvalue weighted by atomic mass is 10.2. The van der Waals surface area contributed by atoms with E-state index in [0.29, 0.717) is 17.9 Å². The standard InChI is InChI=1S/C13H16N4O4/c1-2-15-12(19)13(20)17-16-7-9-4-3-5-10(6-9)21-8-11(14)18/h3-7H,2,8H2,1H3,(H2,14,18)(H,15,19)(H,17,20)/b16-7-. The number of hydrazone groups is 1. The summed E-state index contributed by atoms with van der Waals surface area (Å²) in [4.78, 5) is 33.0. The highest BCUT2D eigenvalue weighted by Crippen LogP contribution is 2.11. The van der Waals surface area contributed by atoms with Crippen LogP contribution in [0.4, 0.5) is 0 Å². The third-order valence-corrected chi connectivity index (χ3v) is 2.16. The Labute approximate surface area is 121 Å². The molecule has 1 rings (SSSR count). The summed E-state index contributed by atoms with van der Waals surface area (Å²) >= 11 is 0. The Balaban J connectivity index is 2.56. The fraction of sp³-hybridized carbons (Fsp3) is 0.231. The molecule has 0 spiro atoms. The predicted octanol–water partition coefficient (Wildman–Crippen LogP) is -0.863. The number of nitrogens with one attached hydrogen (secondary N) is 2. The first-order valence-electron chi connectivity index (χ1n) is 6.15. The molecule has 0 heterocycles. The molecular formula is C13H16N4O4. The number of hydrogen-bond acceptors (Lipinski definition) is 5. The lowest BCUT2D eigenvalue weighted by molar-refractivity contribution is -0.139. The van der Waals surface area contributed by atoms with Gasteiger partial charge in [0.2, 0.25) is 0 Å². The molecule has 0 aromatic heterocycles. The first kappa shape index (κ1) is 16.2. The first-order chi connectivity index (χ1) is 10.0. The zero-order chi connectivity index (χ0) is 15.7. The number of nitrogens with two attached hydrogens (primary N) is 1. The molecule has 0 aliphatic heterocycles. The van der Waals surface area contributed by atoms with Crippen molar-refractivity contribution >= 4 is 23.9 Å². The molecule has 3 amide bonds. The fourth-order valence-corrected chi connectivity index (χ4v) is 1.30. The average Bonchev–Trinajstić information content (AvgIpc) is 2.45. The average molecular weight is 292 g/mol. The molecule has 0 atom stereocenters. The van der Waals surface area contributed by atoms with Crippen molar-refractivity contribution in [1.29, 1.82) is 0 Å². The number of ether oxygens (including phenoxy) is 1. The second-order valence-electron chi connectivity index (χ2n) is 3.89. The molecule has 1 aromatic rings. The van der Waals surface area contributed by atoms with Crippen molar-refractivity contribution in [2.24, 2.45) is 10.8 Å². The number of carbonyl (C=O) groups is 3. The van der Waals surface area contributed by atoms with Gasteiger partial charge in [-0.2, -0.15) is 5.10 Å². The third kappa shape index (κ3) is 6.19. The molecule has 21 heavy (non-hydrogen) atoms. The van der Waals surface area contributed by atoms with Crippen LogP contribution >= 0.6 is 0 Å². The van der Waals surface area contributed by atoms with E-state index >= 15 is 0 Å². The van der Waals surface area contributed by atoms with Gasteiger partial charge in [-0.1, -0.05) is 12.1 Å². The van der Waals surface area contributed by atoms with Gasteiger partial charge in [-0.3, -0.25) is 14.4 Å². The van der Waals surface area contributed by atoms with Gasteiger partial charge in [0.1, 0.15) is 5.75 Å². The highest BCUT2D eigenvalue weighted by molar-refractivity contribution is 6.35. The number of likely N-dealkylation sites (N-methyl/N-ethyl adjacent to an activating group) is 1. The second kappa shape index (κ2) is 8.31. The second-order valence-corrected chi connectivity index (χ2v) is 3.89. The van der Waals surface area contributed by atoms with Gasteiger partial charge in [0.25, 0.3) is 5.91 Å². The lowest BCUT2D eigenvalue weighted by Gasteiger charge is -2.04.